The van der Waals surface area contributed by atoms with Crippen molar-refractivity contribution in [1.82, 2.24) is 10.4 Å². The number of hydrogen-bond acceptors (Lipinski definition) is 3. The molecule has 29 heavy (non-hydrogen) atoms. The first kappa shape index (κ1) is 23.9. The molecule has 1 fully saturated rings. The zero-order valence-corrected chi connectivity index (χ0v) is 19.6. The number of nitrogens with zero attached hydrogens (tertiary/aromatic N) is 1. The molecule has 1 heterocycles. The Hall–Kier alpha value is -1.39. The highest BCUT2D eigenvalue weighted by atomic mass is 16.7. The minimum atomic E-state index is -0.158. The van der Waals surface area contributed by atoms with Gasteiger partial charge in [-0.2, -0.15) is 5.06 Å². The van der Waals surface area contributed by atoms with Gasteiger partial charge in [0.2, 0.25) is 5.91 Å². The van der Waals surface area contributed by atoms with Gasteiger partial charge in [0.25, 0.3) is 0 Å². The number of carbonyl (C=O) groups excluding carboxylic acids is 1. The first-order valence-electron chi connectivity index (χ1n) is 11.5. The number of hydroxylamine groups is 2. The lowest BCUT2D eigenvalue weighted by Gasteiger charge is -2.60. The van der Waals surface area contributed by atoms with Gasteiger partial charge < -0.3 is 5.32 Å². The normalized spacial score (nSPS) is 31.4. The molecule has 1 aromatic carbocycles. The smallest absolute Gasteiger partial charge is 0.220 e. The Labute approximate surface area is 178 Å². The van der Waals surface area contributed by atoms with Gasteiger partial charge in [-0.3, -0.25) is 9.63 Å². The van der Waals surface area contributed by atoms with Gasteiger partial charge in [0, 0.05) is 23.5 Å². The van der Waals surface area contributed by atoms with Crippen molar-refractivity contribution < 1.29 is 9.63 Å². The molecule has 1 amide bonds. The molecule has 1 aromatic rings. The molecule has 0 spiro atoms. The maximum absolute atomic E-state index is 12.5. The Morgan fingerprint density at radius 1 is 1.21 bits per heavy atom. The van der Waals surface area contributed by atoms with Crippen LogP contribution in [0.3, 0.4) is 0 Å². The van der Waals surface area contributed by atoms with E-state index in [0.29, 0.717) is 12.3 Å². The van der Waals surface area contributed by atoms with Gasteiger partial charge >= 0.3 is 0 Å². The summed E-state index contributed by atoms with van der Waals surface area (Å²) in [5, 5.41) is 5.66. The van der Waals surface area contributed by atoms with Crippen molar-refractivity contribution in [3.8, 4) is 0 Å². The number of amides is 1. The van der Waals surface area contributed by atoms with E-state index in [0.717, 1.165) is 32.1 Å². The van der Waals surface area contributed by atoms with E-state index in [4.69, 9.17) is 4.84 Å². The number of carbonyl (C=O) groups is 1. The van der Waals surface area contributed by atoms with Gasteiger partial charge in [0.05, 0.1) is 0 Å². The Bertz CT molecular complexity index is 649. The summed E-state index contributed by atoms with van der Waals surface area (Å²) in [5.41, 5.74) is 0.893. The number of unbranched alkanes of at least 4 members (excludes halogenated alkanes) is 1. The molecule has 0 aliphatic carbocycles. The van der Waals surface area contributed by atoms with Gasteiger partial charge in [-0.05, 0) is 57.9 Å². The topological polar surface area (TPSA) is 41.6 Å². The molecule has 1 saturated heterocycles. The van der Waals surface area contributed by atoms with Crippen LogP contribution in [0.5, 0.6) is 0 Å². The van der Waals surface area contributed by atoms with Crippen LogP contribution in [0.2, 0.25) is 0 Å². The third-order valence-electron chi connectivity index (χ3n) is 7.31. The van der Waals surface area contributed by atoms with Crippen molar-refractivity contribution in [2.75, 3.05) is 0 Å². The second kappa shape index (κ2) is 10.1. The van der Waals surface area contributed by atoms with Crippen molar-refractivity contribution in [3.05, 3.63) is 35.9 Å². The molecule has 5 atom stereocenters. The molecule has 1 N–H and O–H groups in total. The highest BCUT2D eigenvalue weighted by Crippen LogP contribution is 2.47. The Kier molecular flexibility index (Phi) is 8.30. The number of piperidine rings is 1. The van der Waals surface area contributed by atoms with Gasteiger partial charge in [-0.15, -0.1) is 0 Å². The molecule has 1 aliphatic heterocycles. The Morgan fingerprint density at radius 3 is 2.41 bits per heavy atom. The van der Waals surface area contributed by atoms with E-state index >= 15 is 0 Å². The van der Waals surface area contributed by atoms with Crippen LogP contribution in [0.4, 0.5) is 0 Å². The van der Waals surface area contributed by atoms with Crippen LogP contribution in [-0.4, -0.2) is 28.1 Å². The maximum atomic E-state index is 12.5. The first-order valence-corrected chi connectivity index (χ1v) is 11.5. The van der Waals surface area contributed by atoms with Crippen LogP contribution >= 0.6 is 0 Å². The zero-order valence-electron chi connectivity index (χ0n) is 19.6. The summed E-state index contributed by atoms with van der Waals surface area (Å²) in [6.45, 7) is 15.6. The summed E-state index contributed by atoms with van der Waals surface area (Å²) in [6, 6.07) is 10.6. The predicted molar refractivity (Wildman–Crippen MR) is 120 cm³/mol. The largest absolute Gasteiger partial charge is 0.353 e. The lowest BCUT2D eigenvalue weighted by Crippen LogP contribution is -2.70. The molecule has 164 valence electrons. The highest BCUT2D eigenvalue weighted by molar-refractivity contribution is 5.76. The lowest BCUT2D eigenvalue weighted by atomic mass is 9.68. The predicted octanol–water partition coefficient (Wildman–Crippen LogP) is 6.03. The Morgan fingerprint density at radius 2 is 1.86 bits per heavy atom. The van der Waals surface area contributed by atoms with Crippen molar-refractivity contribution in [2.45, 2.75) is 110 Å². The maximum Gasteiger partial charge on any atom is 0.220 e. The molecule has 0 bridgehead atoms. The highest BCUT2D eigenvalue weighted by Gasteiger charge is 2.54. The summed E-state index contributed by atoms with van der Waals surface area (Å²) in [4.78, 5) is 19.2. The molecular formula is C25H42N2O2. The minimum absolute atomic E-state index is 0.0177. The average molecular weight is 403 g/mol. The molecule has 5 unspecified atom stereocenters. The van der Waals surface area contributed by atoms with Gasteiger partial charge in [0.15, 0.2) is 0 Å². The quantitative estimate of drug-likeness (QED) is 0.548. The van der Waals surface area contributed by atoms with Crippen LogP contribution in [0.25, 0.3) is 0 Å². The van der Waals surface area contributed by atoms with E-state index in [9.17, 15) is 4.79 Å². The molecule has 4 heteroatoms. The molecule has 0 radical (unpaired) electrons. The summed E-state index contributed by atoms with van der Waals surface area (Å²) in [6.07, 6.45) is 5.44. The summed E-state index contributed by atoms with van der Waals surface area (Å²) >= 11 is 0. The van der Waals surface area contributed by atoms with Gasteiger partial charge in [-0.1, -0.05) is 64.4 Å². The fraction of sp³-hybridized carbons (Fsp3) is 0.720. The van der Waals surface area contributed by atoms with E-state index in [1.807, 2.05) is 6.07 Å². The summed E-state index contributed by atoms with van der Waals surface area (Å²) < 4.78 is 0. The van der Waals surface area contributed by atoms with Crippen molar-refractivity contribution in [2.24, 2.45) is 5.92 Å². The first-order chi connectivity index (χ1) is 13.7. The second-order valence-corrected chi connectivity index (χ2v) is 9.28. The van der Waals surface area contributed by atoms with Crippen molar-refractivity contribution in [1.29, 1.82) is 0 Å². The molecule has 2 rings (SSSR count). The third-order valence-corrected chi connectivity index (χ3v) is 7.31. The van der Waals surface area contributed by atoms with E-state index in [1.54, 1.807) is 0 Å². The number of nitrogens with one attached hydrogen (secondary N) is 1. The van der Waals surface area contributed by atoms with Crippen LogP contribution in [0.1, 0.15) is 98.7 Å². The number of benzene rings is 1. The minimum Gasteiger partial charge on any atom is -0.353 e. The molecular weight excluding hydrogens is 360 g/mol. The van der Waals surface area contributed by atoms with E-state index in [1.165, 1.54) is 5.56 Å². The monoisotopic (exact) mass is 402 g/mol. The van der Waals surface area contributed by atoms with Gasteiger partial charge in [-0.25, -0.2) is 0 Å². The standard InChI is InChI=1S/C25H42N2O2/c1-8-11-17-23(28)26-22-18-24(6,9-2)27(25(7,10-3)19(22)4)29-20(5)21-15-13-12-14-16-21/h12-16,19-20,22H,8-11,17-18H2,1-7H3,(H,26,28). The Balaban J connectivity index is 2.28. The molecule has 4 nitrogen and oxygen atoms in total. The van der Waals surface area contributed by atoms with Gasteiger partial charge in [0.1, 0.15) is 6.10 Å². The van der Waals surface area contributed by atoms with Crippen LogP contribution in [-0.2, 0) is 9.63 Å². The average Bonchev–Trinajstić information content (AvgIpc) is 2.74. The van der Waals surface area contributed by atoms with Crippen molar-refractivity contribution in [3.63, 3.8) is 0 Å². The van der Waals surface area contributed by atoms with Crippen LogP contribution < -0.4 is 5.32 Å². The number of hydrogen-bond donors (Lipinski definition) is 1. The zero-order chi connectivity index (χ0) is 21.7. The summed E-state index contributed by atoms with van der Waals surface area (Å²) in [7, 11) is 0. The van der Waals surface area contributed by atoms with E-state index < -0.39 is 0 Å². The summed E-state index contributed by atoms with van der Waals surface area (Å²) in [5.74, 6) is 0.480. The molecule has 0 saturated carbocycles. The van der Waals surface area contributed by atoms with Crippen molar-refractivity contribution >= 4 is 5.91 Å². The lowest BCUT2D eigenvalue weighted by molar-refractivity contribution is -0.327. The third kappa shape index (κ3) is 5.21. The fourth-order valence-corrected chi connectivity index (χ4v) is 4.70. The van der Waals surface area contributed by atoms with Crippen LogP contribution in [0, 0.1) is 5.92 Å². The number of rotatable bonds is 9. The van der Waals surface area contributed by atoms with E-state index in [2.05, 4.69) is 83.1 Å². The molecule has 1 aliphatic rings. The fourth-order valence-electron chi connectivity index (χ4n) is 4.70. The molecule has 0 aromatic heterocycles. The SMILES string of the molecule is CCCCC(=O)NC1CC(C)(CC)N(OC(C)c2ccccc2)C(C)(CC)C1C. The van der Waals surface area contributed by atoms with E-state index in [-0.39, 0.29) is 29.1 Å². The van der Waals surface area contributed by atoms with Crippen LogP contribution in [0.15, 0.2) is 30.3 Å². The second-order valence-electron chi connectivity index (χ2n) is 9.28.